The summed E-state index contributed by atoms with van der Waals surface area (Å²) >= 11 is 0. The molecular formula is C34H34F6N4O4. The van der Waals surface area contributed by atoms with Crippen molar-refractivity contribution in [2.75, 3.05) is 19.6 Å². The normalized spacial score (nSPS) is 19.3. The van der Waals surface area contributed by atoms with Crippen LogP contribution in [0.15, 0.2) is 77.6 Å². The summed E-state index contributed by atoms with van der Waals surface area (Å²) in [5, 5.41) is 10.3. The number of amides is 1. The Kier molecular flexibility index (Phi) is 10.0. The maximum absolute atomic E-state index is 12.9. The molecule has 0 unspecified atom stereocenters. The van der Waals surface area contributed by atoms with Crippen LogP contribution in [-0.4, -0.2) is 63.3 Å². The number of alkyl halides is 6. The second-order valence-corrected chi connectivity index (χ2v) is 12.2. The van der Waals surface area contributed by atoms with Crippen molar-refractivity contribution in [3.63, 3.8) is 0 Å². The molecule has 0 bridgehead atoms. The number of H-pyrrole nitrogens is 1. The Bertz CT molecular complexity index is 1790. The molecule has 3 N–H and O–H groups in total. The second kappa shape index (κ2) is 13.9. The number of piperidine rings is 1. The van der Waals surface area contributed by atoms with Crippen molar-refractivity contribution in [1.82, 2.24) is 19.8 Å². The number of fused-ring (bicyclic) bond motifs is 1. The summed E-state index contributed by atoms with van der Waals surface area (Å²) in [5.74, 6) is -2.26. The zero-order valence-electron chi connectivity index (χ0n) is 25.8. The molecule has 8 nitrogen and oxygen atoms in total. The molecule has 14 heteroatoms. The largest absolute Gasteiger partial charge is 0.490 e. The van der Waals surface area contributed by atoms with Crippen molar-refractivity contribution in [3.8, 4) is 11.1 Å². The van der Waals surface area contributed by atoms with Crippen molar-refractivity contribution in [2.45, 2.75) is 56.5 Å². The van der Waals surface area contributed by atoms with Crippen LogP contribution >= 0.6 is 0 Å². The summed E-state index contributed by atoms with van der Waals surface area (Å²) in [4.78, 5) is 39.9. The van der Waals surface area contributed by atoms with Gasteiger partial charge in [0.2, 0.25) is 5.91 Å². The minimum atomic E-state index is -5.08. The van der Waals surface area contributed by atoms with Crippen molar-refractivity contribution in [3.05, 3.63) is 94.4 Å². The van der Waals surface area contributed by atoms with Gasteiger partial charge in [0.15, 0.2) is 0 Å². The molecule has 2 aliphatic rings. The quantitative estimate of drug-likeness (QED) is 0.192. The Morgan fingerprint density at radius 3 is 2.12 bits per heavy atom. The lowest BCUT2D eigenvalue weighted by Crippen LogP contribution is -2.45. The maximum Gasteiger partial charge on any atom is 0.490 e. The van der Waals surface area contributed by atoms with Crippen LogP contribution < -0.4 is 11.0 Å². The van der Waals surface area contributed by atoms with Gasteiger partial charge in [-0.1, -0.05) is 48.5 Å². The lowest BCUT2D eigenvalue weighted by atomic mass is 10.0. The number of imidazole rings is 1. The first-order valence-corrected chi connectivity index (χ1v) is 15.4. The number of carbonyl (C=O) groups excluding carboxylic acids is 1. The van der Waals surface area contributed by atoms with Gasteiger partial charge in [-0.15, -0.1) is 0 Å². The minimum absolute atomic E-state index is 0.0375. The van der Waals surface area contributed by atoms with E-state index in [1.54, 1.807) is 0 Å². The molecule has 48 heavy (non-hydrogen) atoms. The van der Waals surface area contributed by atoms with E-state index in [9.17, 15) is 35.9 Å². The SMILES string of the molecule is C[C@@H](CN1CCC(n2c(=O)[nH]c3cc(-c4ccc(C(F)(F)F)cc4)ccc32)CC1)NC(=O)[C@H]1C[C@@H]1c1ccccc1.O=C(O)C(F)(F)F. The van der Waals surface area contributed by atoms with Gasteiger partial charge in [-0.3, -0.25) is 9.36 Å². The molecule has 3 atom stereocenters. The van der Waals surface area contributed by atoms with Gasteiger partial charge in [0.25, 0.3) is 0 Å². The summed E-state index contributed by atoms with van der Waals surface area (Å²) in [6.07, 6.45) is -6.94. The Labute approximate surface area is 271 Å². The molecule has 1 aromatic heterocycles. The number of aromatic amines is 1. The molecular weight excluding hydrogens is 642 g/mol. The summed E-state index contributed by atoms with van der Waals surface area (Å²) in [6.45, 7) is 4.45. The van der Waals surface area contributed by atoms with Gasteiger partial charge in [-0.05, 0) is 73.1 Å². The van der Waals surface area contributed by atoms with Gasteiger partial charge in [-0.2, -0.15) is 26.3 Å². The predicted octanol–water partition coefficient (Wildman–Crippen LogP) is 6.59. The smallest absolute Gasteiger partial charge is 0.475 e. The van der Waals surface area contributed by atoms with Crippen LogP contribution in [-0.2, 0) is 15.8 Å². The van der Waals surface area contributed by atoms with Crippen molar-refractivity contribution >= 4 is 22.9 Å². The number of hydrogen-bond acceptors (Lipinski definition) is 4. The summed E-state index contributed by atoms with van der Waals surface area (Å²) in [5.41, 5.74) is 3.21. The topological polar surface area (TPSA) is 107 Å². The van der Waals surface area contributed by atoms with E-state index in [0.29, 0.717) is 17.0 Å². The van der Waals surface area contributed by atoms with E-state index >= 15 is 0 Å². The molecule has 1 aliphatic heterocycles. The standard InChI is InChI=1S/C32H33F3N4O2.C2HF3O2/c1-20(36-30(40)27-18-26(27)22-5-3-2-4-6-22)19-38-15-13-25(14-16-38)39-29-12-9-23(17-28(29)37-31(39)41)21-7-10-24(11-8-21)32(33,34)35;3-2(4,5)1(6)7/h2-12,17,20,25-27H,13-16,18-19H2,1H3,(H,36,40)(H,37,41);(H,6,7)/t20-,26+,27-;/m0./s1. The lowest BCUT2D eigenvalue weighted by Gasteiger charge is -2.34. The highest BCUT2D eigenvalue weighted by atomic mass is 19.4. The van der Waals surface area contributed by atoms with Crippen LogP contribution in [0.4, 0.5) is 26.3 Å². The Balaban J connectivity index is 0.000000582. The first-order chi connectivity index (χ1) is 22.6. The van der Waals surface area contributed by atoms with Gasteiger partial charge in [-0.25, -0.2) is 9.59 Å². The molecule has 0 spiro atoms. The first-order valence-electron chi connectivity index (χ1n) is 15.4. The van der Waals surface area contributed by atoms with Crippen LogP contribution in [0.5, 0.6) is 0 Å². The molecule has 256 valence electrons. The number of carbonyl (C=O) groups is 2. The molecule has 0 radical (unpaired) electrons. The maximum atomic E-state index is 12.9. The van der Waals surface area contributed by atoms with Gasteiger partial charge >= 0.3 is 24.0 Å². The van der Waals surface area contributed by atoms with E-state index in [4.69, 9.17) is 9.90 Å². The fourth-order valence-electron chi connectivity index (χ4n) is 6.22. The molecule has 1 saturated carbocycles. The first kappa shape index (κ1) is 34.7. The third-order valence-electron chi connectivity index (χ3n) is 8.70. The van der Waals surface area contributed by atoms with E-state index < -0.39 is 23.9 Å². The molecule has 2 heterocycles. The zero-order valence-corrected chi connectivity index (χ0v) is 25.8. The van der Waals surface area contributed by atoms with Crippen LogP contribution in [0.2, 0.25) is 0 Å². The zero-order chi connectivity index (χ0) is 34.8. The highest BCUT2D eigenvalue weighted by Gasteiger charge is 2.44. The monoisotopic (exact) mass is 676 g/mol. The molecule has 4 aromatic rings. The average molecular weight is 677 g/mol. The van der Waals surface area contributed by atoms with Crippen molar-refractivity contribution in [2.24, 2.45) is 5.92 Å². The number of carboxylic acid groups (broad SMARTS) is 1. The van der Waals surface area contributed by atoms with E-state index in [0.717, 1.165) is 62.1 Å². The average Bonchev–Trinajstić information content (AvgIpc) is 3.77. The Hall–Kier alpha value is -4.59. The third-order valence-corrected chi connectivity index (χ3v) is 8.70. The lowest BCUT2D eigenvalue weighted by molar-refractivity contribution is -0.192. The molecule has 2 fully saturated rings. The number of likely N-dealkylation sites (tertiary alicyclic amines) is 1. The molecule has 6 rings (SSSR count). The number of benzene rings is 3. The number of aliphatic carboxylic acids is 1. The minimum Gasteiger partial charge on any atom is -0.475 e. The summed E-state index contributed by atoms with van der Waals surface area (Å²) < 4.78 is 72.3. The van der Waals surface area contributed by atoms with E-state index in [1.165, 1.54) is 17.7 Å². The van der Waals surface area contributed by atoms with Crippen LogP contribution in [0.25, 0.3) is 22.2 Å². The van der Waals surface area contributed by atoms with Crippen molar-refractivity contribution < 1.29 is 41.0 Å². The van der Waals surface area contributed by atoms with E-state index in [1.807, 2.05) is 47.9 Å². The summed E-state index contributed by atoms with van der Waals surface area (Å²) in [6, 6.07) is 20.8. The summed E-state index contributed by atoms with van der Waals surface area (Å²) in [7, 11) is 0. The van der Waals surface area contributed by atoms with Crippen LogP contribution in [0.1, 0.15) is 49.3 Å². The van der Waals surface area contributed by atoms with Gasteiger partial charge in [0, 0.05) is 37.6 Å². The van der Waals surface area contributed by atoms with Crippen LogP contribution in [0, 0.1) is 5.92 Å². The second-order valence-electron chi connectivity index (χ2n) is 12.2. The number of aromatic nitrogens is 2. The molecule has 1 saturated heterocycles. The number of nitrogens with zero attached hydrogens (tertiary/aromatic N) is 2. The predicted molar refractivity (Wildman–Crippen MR) is 166 cm³/mol. The number of carboxylic acids is 1. The van der Waals surface area contributed by atoms with Crippen molar-refractivity contribution in [1.29, 1.82) is 0 Å². The highest BCUT2D eigenvalue weighted by molar-refractivity contribution is 5.83. The van der Waals surface area contributed by atoms with Gasteiger partial charge < -0.3 is 20.3 Å². The number of nitrogens with one attached hydrogen (secondary N) is 2. The fourth-order valence-corrected chi connectivity index (χ4v) is 6.22. The molecule has 3 aromatic carbocycles. The van der Waals surface area contributed by atoms with Gasteiger partial charge in [0.1, 0.15) is 0 Å². The van der Waals surface area contributed by atoms with Gasteiger partial charge in [0.05, 0.1) is 16.6 Å². The number of rotatable bonds is 7. The highest BCUT2D eigenvalue weighted by Crippen LogP contribution is 2.47. The van der Waals surface area contributed by atoms with Crippen LogP contribution in [0.3, 0.4) is 0 Å². The number of halogens is 6. The molecule has 1 aliphatic carbocycles. The Morgan fingerprint density at radius 1 is 0.938 bits per heavy atom. The Morgan fingerprint density at radius 2 is 1.54 bits per heavy atom. The number of hydrogen-bond donors (Lipinski definition) is 3. The molecule has 1 amide bonds. The fraction of sp³-hybridized carbons (Fsp3) is 0.382. The third kappa shape index (κ3) is 8.27. The van der Waals surface area contributed by atoms with E-state index in [2.05, 4.69) is 27.3 Å². The van der Waals surface area contributed by atoms with E-state index in [-0.39, 0.29) is 29.6 Å².